The van der Waals surface area contributed by atoms with Crippen LogP contribution in [0.5, 0.6) is 0 Å². The van der Waals surface area contributed by atoms with E-state index in [0.717, 1.165) is 24.7 Å². The summed E-state index contributed by atoms with van der Waals surface area (Å²) in [6.07, 6.45) is 4.36. The summed E-state index contributed by atoms with van der Waals surface area (Å²) in [4.78, 5) is 0. The van der Waals surface area contributed by atoms with Gasteiger partial charge in [0.2, 0.25) is 0 Å². The maximum atomic E-state index is 4.48. The lowest BCUT2D eigenvalue weighted by Gasteiger charge is -2.09. The molecule has 1 N–H and O–H groups in total. The molecule has 86 valence electrons. The van der Waals surface area contributed by atoms with Gasteiger partial charge < -0.3 is 5.32 Å². The Bertz CT molecular complexity index is 278. The first kappa shape index (κ1) is 12.1. The van der Waals surface area contributed by atoms with Crippen LogP contribution in [0.4, 0.5) is 5.82 Å². The fourth-order valence-electron chi connectivity index (χ4n) is 1.35. The third-order valence-electron chi connectivity index (χ3n) is 2.68. The molecule has 0 aliphatic heterocycles. The van der Waals surface area contributed by atoms with Crippen molar-refractivity contribution in [3.05, 3.63) is 12.3 Å². The zero-order valence-electron chi connectivity index (χ0n) is 10.3. The van der Waals surface area contributed by atoms with Crippen molar-refractivity contribution >= 4 is 5.82 Å². The molecule has 0 spiro atoms. The minimum Gasteiger partial charge on any atom is -0.369 e. The van der Waals surface area contributed by atoms with Crippen molar-refractivity contribution in [3.63, 3.8) is 0 Å². The van der Waals surface area contributed by atoms with E-state index in [1.807, 2.05) is 16.9 Å². The second kappa shape index (κ2) is 5.79. The van der Waals surface area contributed by atoms with Crippen LogP contribution in [-0.2, 0) is 0 Å². The Kier molecular flexibility index (Phi) is 4.66. The highest BCUT2D eigenvalue weighted by Crippen LogP contribution is 2.12. The second-order valence-electron chi connectivity index (χ2n) is 4.55. The molecule has 0 unspecified atom stereocenters. The number of rotatable bonds is 6. The predicted molar refractivity (Wildman–Crippen MR) is 65.2 cm³/mol. The lowest BCUT2D eigenvalue weighted by molar-refractivity contribution is 0.479. The number of anilines is 1. The van der Waals surface area contributed by atoms with Crippen molar-refractivity contribution in [1.82, 2.24) is 9.78 Å². The number of hydrogen-bond donors (Lipinski definition) is 1. The summed E-state index contributed by atoms with van der Waals surface area (Å²) < 4.78 is 2.03. The number of nitrogens with one attached hydrogen (secondary N) is 1. The smallest absolute Gasteiger partial charge is 0.147 e. The molecular weight excluding hydrogens is 186 g/mol. The highest BCUT2D eigenvalue weighted by molar-refractivity contribution is 5.31. The predicted octanol–water partition coefficient (Wildman–Crippen LogP) is 3.31. The fourth-order valence-corrected chi connectivity index (χ4v) is 1.35. The first-order valence-electron chi connectivity index (χ1n) is 5.92. The molecule has 0 aromatic carbocycles. The normalized spacial score (nSPS) is 13.1. The van der Waals surface area contributed by atoms with E-state index in [-0.39, 0.29) is 0 Å². The molecule has 3 heteroatoms. The highest BCUT2D eigenvalue weighted by atomic mass is 15.3. The van der Waals surface area contributed by atoms with Crippen LogP contribution in [0.15, 0.2) is 12.3 Å². The summed E-state index contributed by atoms with van der Waals surface area (Å²) >= 11 is 0. The zero-order valence-corrected chi connectivity index (χ0v) is 10.3. The molecule has 0 aliphatic rings. The molecule has 0 saturated heterocycles. The lowest BCUT2D eigenvalue weighted by atomic mass is 10.1. The minimum atomic E-state index is 0.491. The average molecular weight is 209 g/mol. The van der Waals surface area contributed by atoms with Crippen LogP contribution in [0.2, 0.25) is 0 Å². The van der Waals surface area contributed by atoms with Gasteiger partial charge in [0.05, 0.1) is 0 Å². The van der Waals surface area contributed by atoms with Gasteiger partial charge in [-0.3, -0.25) is 4.68 Å². The van der Waals surface area contributed by atoms with Crippen molar-refractivity contribution in [2.75, 3.05) is 11.9 Å². The Morgan fingerprint density at radius 1 is 1.40 bits per heavy atom. The molecular formula is C12H23N3. The average Bonchev–Trinajstić information content (AvgIpc) is 2.65. The van der Waals surface area contributed by atoms with E-state index in [0.29, 0.717) is 6.04 Å². The molecule has 1 rings (SSSR count). The van der Waals surface area contributed by atoms with Gasteiger partial charge in [-0.25, -0.2) is 0 Å². The van der Waals surface area contributed by atoms with E-state index < -0.39 is 0 Å². The molecule has 0 fully saturated rings. The van der Waals surface area contributed by atoms with Gasteiger partial charge in [0.15, 0.2) is 0 Å². The largest absolute Gasteiger partial charge is 0.369 e. The minimum absolute atomic E-state index is 0.491. The van der Waals surface area contributed by atoms with Crippen molar-refractivity contribution in [2.45, 2.75) is 46.6 Å². The van der Waals surface area contributed by atoms with E-state index >= 15 is 0 Å². The van der Waals surface area contributed by atoms with Gasteiger partial charge in [0.25, 0.3) is 0 Å². The standard InChI is InChI=1S/C12H23N3/c1-5-11(4)15-9-7-12(14-15)13-8-6-10(2)3/h7,9-11H,5-6,8H2,1-4H3,(H,13,14)/t11-/m0/s1. The van der Waals surface area contributed by atoms with Crippen molar-refractivity contribution in [3.8, 4) is 0 Å². The van der Waals surface area contributed by atoms with Crippen molar-refractivity contribution in [2.24, 2.45) is 5.92 Å². The van der Waals surface area contributed by atoms with Crippen LogP contribution in [0.1, 0.15) is 46.6 Å². The Morgan fingerprint density at radius 2 is 2.13 bits per heavy atom. The lowest BCUT2D eigenvalue weighted by Crippen LogP contribution is -2.08. The monoisotopic (exact) mass is 209 g/mol. The van der Waals surface area contributed by atoms with Gasteiger partial charge in [-0.05, 0) is 25.7 Å². The zero-order chi connectivity index (χ0) is 11.3. The van der Waals surface area contributed by atoms with Crippen molar-refractivity contribution < 1.29 is 0 Å². The van der Waals surface area contributed by atoms with Crippen LogP contribution in [0.3, 0.4) is 0 Å². The quantitative estimate of drug-likeness (QED) is 0.779. The Labute approximate surface area is 92.9 Å². The first-order chi connectivity index (χ1) is 7.13. The molecule has 1 atom stereocenters. The molecule has 0 amide bonds. The first-order valence-corrected chi connectivity index (χ1v) is 5.92. The van der Waals surface area contributed by atoms with Gasteiger partial charge in [0, 0.05) is 24.8 Å². The summed E-state index contributed by atoms with van der Waals surface area (Å²) in [5.74, 6) is 1.74. The van der Waals surface area contributed by atoms with Gasteiger partial charge in [-0.15, -0.1) is 0 Å². The number of aromatic nitrogens is 2. The molecule has 1 aromatic heterocycles. The summed E-state index contributed by atoms with van der Waals surface area (Å²) in [5.41, 5.74) is 0. The maximum absolute atomic E-state index is 4.48. The van der Waals surface area contributed by atoms with Gasteiger partial charge in [-0.2, -0.15) is 5.10 Å². The highest BCUT2D eigenvalue weighted by Gasteiger charge is 2.03. The Hall–Kier alpha value is -0.990. The van der Waals surface area contributed by atoms with E-state index in [2.05, 4.69) is 38.1 Å². The topological polar surface area (TPSA) is 29.9 Å². The van der Waals surface area contributed by atoms with E-state index in [1.54, 1.807) is 0 Å². The number of hydrogen-bond acceptors (Lipinski definition) is 2. The Balaban J connectivity index is 2.39. The summed E-state index contributed by atoms with van der Waals surface area (Å²) in [7, 11) is 0. The van der Waals surface area contributed by atoms with Crippen LogP contribution < -0.4 is 5.32 Å². The third-order valence-corrected chi connectivity index (χ3v) is 2.68. The van der Waals surface area contributed by atoms with E-state index in [1.165, 1.54) is 6.42 Å². The third kappa shape index (κ3) is 3.94. The van der Waals surface area contributed by atoms with Crippen molar-refractivity contribution in [1.29, 1.82) is 0 Å². The molecule has 1 heterocycles. The number of nitrogens with zero attached hydrogens (tertiary/aromatic N) is 2. The fraction of sp³-hybridized carbons (Fsp3) is 0.750. The molecule has 0 radical (unpaired) electrons. The van der Waals surface area contributed by atoms with E-state index in [9.17, 15) is 0 Å². The summed E-state index contributed by atoms with van der Waals surface area (Å²) in [5, 5.41) is 7.83. The SMILES string of the molecule is CC[C@H](C)n1ccc(NCCC(C)C)n1. The molecule has 0 aliphatic carbocycles. The summed E-state index contributed by atoms with van der Waals surface area (Å²) in [6.45, 7) is 9.84. The maximum Gasteiger partial charge on any atom is 0.147 e. The molecule has 0 bridgehead atoms. The van der Waals surface area contributed by atoms with E-state index in [4.69, 9.17) is 0 Å². The van der Waals surface area contributed by atoms with Crippen LogP contribution in [0.25, 0.3) is 0 Å². The van der Waals surface area contributed by atoms with Crippen LogP contribution in [-0.4, -0.2) is 16.3 Å². The van der Waals surface area contributed by atoms with Crippen LogP contribution >= 0.6 is 0 Å². The Morgan fingerprint density at radius 3 is 2.73 bits per heavy atom. The molecule has 0 saturated carbocycles. The summed E-state index contributed by atoms with van der Waals surface area (Å²) in [6, 6.07) is 2.54. The van der Waals surface area contributed by atoms with Crippen LogP contribution in [0, 0.1) is 5.92 Å². The second-order valence-corrected chi connectivity index (χ2v) is 4.55. The van der Waals surface area contributed by atoms with Gasteiger partial charge in [-0.1, -0.05) is 20.8 Å². The van der Waals surface area contributed by atoms with Gasteiger partial charge >= 0.3 is 0 Å². The molecule has 3 nitrogen and oxygen atoms in total. The van der Waals surface area contributed by atoms with Gasteiger partial charge in [0.1, 0.15) is 5.82 Å². The molecule has 15 heavy (non-hydrogen) atoms. The molecule has 1 aromatic rings.